The minimum absolute atomic E-state index is 0.00264. The topological polar surface area (TPSA) is 54.5 Å². The Morgan fingerprint density at radius 2 is 2.32 bits per heavy atom. The van der Waals surface area contributed by atoms with Crippen LogP contribution in [0.25, 0.3) is 0 Å². The smallest absolute Gasteiger partial charge is 0.243 e. The first kappa shape index (κ1) is 14.4. The molecule has 6 heteroatoms. The van der Waals surface area contributed by atoms with Crippen LogP contribution >= 0.6 is 11.3 Å². The molecule has 1 fully saturated rings. The fourth-order valence-corrected chi connectivity index (χ4v) is 2.92. The van der Waals surface area contributed by atoms with E-state index in [9.17, 15) is 4.79 Å². The van der Waals surface area contributed by atoms with Gasteiger partial charge in [-0.25, -0.2) is 4.98 Å². The molecule has 0 saturated carbocycles. The van der Waals surface area contributed by atoms with Crippen LogP contribution in [-0.4, -0.2) is 47.6 Å². The maximum Gasteiger partial charge on any atom is 0.243 e. The highest BCUT2D eigenvalue weighted by molar-refractivity contribution is 7.15. The third kappa shape index (κ3) is 3.52. The molecule has 2 atom stereocenters. The average molecular weight is 283 g/mol. The van der Waals surface area contributed by atoms with Crippen LogP contribution in [0.5, 0.6) is 0 Å². The van der Waals surface area contributed by atoms with Crippen molar-refractivity contribution >= 4 is 22.4 Å². The van der Waals surface area contributed by atoms with Crippen molar-refractivity contribution < 1.29 is 9.53 Å². The van der Waals surface area contributed by atoms with Gasteiger partial charge in [-0.15, -0.1) is 11.3 Å². The van der Waals surface area contributed by atoms with Gasteiger partial charge in [-0.2, -0.15) is 0 Å². The summed E-state index contributed by atoms with van der Waals surface area (Å²) in [5.41, 5.74) is 0.980. The lowest BCUT2D eigenvalue weighted by Crippen LogP contribution is -2.50. The second-order valence-corrected chi connectivity index (χ2v) is 6.21. The fraction of sp³-hybridized carbons (Fsp3) is 0.692. The van der Waals surface area contributed by atoms with E-state index in [0.29, 0.717) is 11.7 Å². The number of nitrogens with zero attached hydrogens (tertiary/aromatic N) is 2. The van der Waals surface area contributed by atoms with Crippen LogP contribution in [0.15, 0.2) is 0 Å². The van der Waals surface area contributed by atoms with Crippen molar-refractivity contribution in [1.29, 1.82) is 0 Å². The van der Waals surface area contributed by atoms with Crippen molar-refractivity contribution in [2.24, 2.45) is 0 Å². The number of aryl methyl sites for hydroxylation is 2. The van der Waals surface area contributed by atoms with Crippen molar-refractivity contribution in [2.75, 3.05) is 25.0 Å². The maximum atomic E-state index is 12.2. The van der Waals surface area contributed by atoms with Gasteiger partial charge in [0.1, 0.15) is 0 Å². The highest BCUT2D eigenvalue weighted by Gasteiger charge is 2.26. The summed E-state index contributed by atoms with van der Waals surface area (Å²) in [5.74, 6) is 0.00264. The van der Waals surface area contributed by atoms with E-state index < -0.39 is 0 Å². The zero-order valence-corrected chi connectivity index (χ0v) is 12.7. The predicted octanol–water partition coefficient (Wildman–Crippen LogP) is 1.81. The third-order valence-electron chi connectivity index (χ3n) is 3.46. The summed E-state index contributed by atoms with van der Waals surface area (Å²) in [6.45, 7) is 10.2. The van der Waals surface area contributed by atoms with Crippen LogP contribution in [-0.2, 0) is 9.53 Å². The number of anilines is 1. The quantitative estimate of drug-likeness (QED) is 0.919. The number of aromatic nitrogens is 1. The summed E-state index contributed by atoms with van der Waals surface area (Å²) in [7, 11) is 0. The number of ether oxygens (including phenoxy) is 1. The molecule has 106 valence electrons. The largest absolute Gasteiger partial charge is 0.376 e. The molecule has 1 saturated heterocycles. The van der Waals surface area contributed by atoms with Gasteiger partial charge in [0.05, 0.1) is 24.4 Å². The maximum absolute atomic E-state index is 12.2. The Kier molecular flexibility index (Phi) is 4.54. The number of carbonyl (C=O) groups is 1. The minimum atomic E-state index is -0.157. The lowest BCUT2D eigenvalue weighted by Gasteiger charge is -2.34. The molecular formula is C13H21N3O2S. The van der Waals surface area contributed by atoms with Gasteiger partial charge >= 0.3 is 0 Å². The molecule has 0 radical (unpaired) electrons. The monoisotopic (exact) mass is 283 g/mol. The highest BCUT2D eigenvalue weighted by atomic mass is 32.1. The lowest BCUT2D eigenvalue weighted by atomic mass is 10.2. The van der Waals surface area contributed by atoms with E-state index in [2.05, 4.69) is 15.2 Å². The molecule has 1 aromatic heterocycles. The van der Waals surface area contributed by atoms with Crippen LogP contribution < -0.4 is 5.32 Å². The van der Waals surface area contributed by atoms with E-state index in [4.69, 9.17) is 4.74 Å². The average Bonchev–Trinajstić information content (AvgIpc) is 2.67. The SMILES string of the molecule is Cc1nc(NC(=O)[C@@H](C)N2CCO[C@H](C)C2)sc1C. The van der Waals surface area contributed by atoms with Crippen molar-refractivity contribution in [1.82, 2.24) is 9.88 Å². The summed E-state index contributed by atoms with van der Waals surface area (Å²) in [6.07, 6.45) is 0.188. The third-order valence-corrected chi connectivity index (χ3v) is 4.45. The van der Waals surface area contributed by atoms with Gasteiger partial charge in [0, 0.05) is 18.0 Å². The molecule has 0 unspecified atom stereocenters. The van der Waals surface area contributed by atoms with Gasteiger partial charge in [0.25, 0.3) is 0 Å². The highest BCUT2D eigenvalue weighted by Crippen LogP contribution is 2.21. The van der Waals surface area contributed by atoms with Gasteiger partial charge in [-0.3, -0.25) is 9.69 Å². The molecule has 2 rings (SSSR count). The Bertz CT molecular complexity index is 441. The second-order valence-electron chi connectivity index (χ2n) is 5.00. The number of rotatable bonds is 3. The van der Waals surface area contributed by atoms with E-state index in [0.717, 1.165) is 23.7 Å². The Hall–Kier alpha value is -0.980. The van der Waals surface area contributed by atoms with E-state index >= 15 is 0 Å². The molecule has 2 heterocycles. The molecule has 5 nitrogen and oxygen atoms in total. The first-order valence-electron chi connectivity index (χ1n) is 6.58. The number of carbonyl (C=O) groups excluding carboxylic acids is 1. The van der Waals surface area contributed by atoms with E-state index in [1.165, 1.54) is 11.3 Å². The standard InChI is InChI=1S/C13H21N3O2S/c1-8-7-16(5-6-18-8)10(3)12(17)15-13-14-9(2)11(4)19-13/h8,10H,5-7H2,1-4H3,(H,14,15,17)/t8-,10-/m1/s1. The number of thiazole rings is 1. The summed E-state index contributed by atoms with van der Waals surface area (Å²) < 4.78 is 5.49. The molecule has 1 aliphatic heterocycles. The van der Waals surface area contributed by atoms with Crippen LogP contribution in [0, 0.1) is 13.8 Å². The van der Waals surface area contributed by atoms with Crippen LogP contribution in [0.2, 0.25) is 0 Å². The molecule has 0 aliphatic carbocycles. The first-order chi connectivity index (χ1) is 8.97. The summed E-state index contributed by atoms with van der Waals surface area (Å²) in [4.78, 5) is 19.8. The van der Waals surface area contributed by atoms with E-state index in [-0.39, 0.29) is 18.1 Å². The van der Waals surface area contributed by atoms with E-state index in [1.54, 1.807) is 0 Å². The summed E-state index contributed by atoms with van der Waals surface area (Å²) in [5, 5.41) is 3.59. The minimum Gasteiger partial charge on any atom is -0.376 e. The normalized spacial score (nSPS) is 22.2. The molecule has 0 bridgehead atoms. The Labute approximate surface area is 118 Å². The Morgan fingerprint density at radius 3 is 2.89 bits per heavy atom. The lowest BCUT2D eigenvalue weighted by molar-refractivity contribution is -0.123. The van der Waals surface area contributed by atoms with Gasteiger partial charge < -0.3 is 10.1 Å². The number of hydrogen-bond acceptors (Lipinski definition) is 5. The van der Waals surface area contributed by atoms with Crippen molar-refractivity contribution in [2.45, 2.75) is 39.8 Å². The molecule has 1 amide bonds. The van der Waals surface area contributed by atoms with Gasteiger partial charge in [0.15, 0.2) is 5.13 Å². The number of amides is 1. The zero-order chi connectivity index (χ0) is 14.0. The zero-order valence-electron chi connectivity index (χ0n) is 11.9. The van der Waals surface area contributed by atoms with Crippen molar-refractivity contribution in [3.05, 3.63) is 10.6 Å². The number of hydrogen-bond donors (Lipinski definition) is 1. The number of morpholine rings is 1. The summed E-state index contributed by atoms with van der Waals surface area (Å²) >= 11 is 1.52. The molecule has 19 heavy (non-hydrogen) atoms. The van der Waals surface area contributed by atoms with Crippen molar-refractivity contribution in [3.8, 4) is 0 Å². The van der Waals surface area contributed by atoms with Gasteiger partial charge in [-0.05, 0) is 27.7 Å². The Morgan fingerprint density at radius 1 is 1.58 bits per heavy atom. The molecule has 0 spiro atoms. The predicted molar refractivity (Wildman–Crippen MR) is 76.7 cm³/mol. The van der Waals surface area contributed by atoms with Crippen LogP contribution in [0.3, 0.4) is 0 Å². The van der Waals surface area contributed by atoms with Crippen LogP contribution in [0.1, 0.15) is 24.4 Å². The Balaban J connectivity index is 1.95. The van der Waals surface area contributed by atoms with Gasteiger partial charge in [0.2, 0.25) is 5.91 Å². The fourth-order valence-electron chi connectivity index (χ4n) is 2.10. The molecule has 1 aliphatic rings. The second kappa shape index (κ2) is 5.98. The molecule has 0 aromatic carbocycles. The first-order valence-corrected chi connectivity index (χ1v) is 7.39. The molecular weight excluding hydrogens is 262 g/mol. The molecule has 1 aromatic rings. The van der Waals surface area contributed by atoms with Crippen LogP contribution in [0.4, 0.5) is 5.13 Å². The van der Waals surface area contributed by atoms with Gasteiger partial charge in [-0.1, -0.05) is 0 Å². The van der Waals surface area contributed by atoms with Crippen molar-refractivity contribution in [3.63, 3.8) is 0 Å². The van der Waals surface area contributed by atoms with E-state index in [1.807, 2.05) is 27.7 Å². The number of nitrogens with one attached hydrogen (secondary N) is 1. The summed E-state index contributed by atoms with van der Waals surface area (Å²) in [6, 6.07) is -0.157. The molecule has 1 N–H and O–H groups in total.